The fourth-order valence-electron chi connectivity index (χ4n) is 4.73. The third-order valence-electron chi connectivity index (χ3n) is 7.19. The molecule has 1 aliphatic rings. The predicted molar refractivity (Wildman–Crippen MR) is 167 cm³/mol. The number of ether oxygens (including phenoxy) is 1. The lowest BCUT2D eigenvalue weighted by atomic mass is 9.94. The number of carbonyl (C=O) groups is 1. The minimum absolute atomic E-state index is 0.197. The van der Waals surface area contributed by atoms with Crippen molar-refractivity contribution in [2.45, 2.75) is 58.3 Å². The number of aryl methyl sites for hydroxylation is 1. The standard InChI is InChI=1S/C32H34ClN5O2S/c1-5-6-17-41-32-36-31-34-22(4)28(30(39)35-27-16-9-11-20(2)21(27)3)29(38(31)37-32)23-13-10-14-25(18-23)40-19-24-12-7-8-15-26(24)33/h7-16,18,29H,5-6,17,19H2,1-4H3,(H,35,39)(H,34,36,37). The van der Waals surface area contributed by atoms with Crippen LogP contribution in [-0.4, -0.2) is 26.4 Å². The fraction of sp³-hybridized carbons (Fsp3) is 0.281. The molecule has 9 heteroatoms. The number of hydrogen-bond acceptors (Lipinski definition) is 6. The van der Waals surface area contributed by atoms with Crippen LogP contribution < -0.4 is 15.4 Å². The number of allylic oxidation sites excluding steroid dienone is 1. The Labute approximate surface area is 250 Å². The summed E-state index contributed by atoms with van der Waals surface area (Å²) in [5.41, 5.74) is 5.99. The Morgan fingerprint density at radius 2 is 1.90 bits per heavy atom. The van der Waals surface area contributed by atoms with Gasteiger partial charge in [0.2, 0.25) is 11.1 Å². The first kappa shape index (κ1) is 28.8. The minimum Gasteiger partial charge on any atom is -0.489 e. The second-order valence-corrected chi connectivity index (χ2v) is 11.6. The van der Waals surface area contributed by atoms with E-state index in [-0.39, 0.29) is 5.91 Å². The van der Waals surface area contributed by atoms with Gasteiger partial charge in [-0.05, 0) is 68.1 Å². The van der Waals surface area contributed by atoms with E-state index in [0.29, 0.717) is 34.1 Å². The molecule has 41 heavy (non-hydrogen) atoms. The largest absolute Gasteiger partial charge is 0.489 e. The summed E-state index contributed by atoms with van der Waals surface area (Å²) in [6.07, 6.45) is 2.18. The van der Waals surface area contributed by atoms with E-state index in [0.717, 1.165) is 52.2 Å². The molecule has 1 amide bonds. The quantitative estimate of drug-likeness (QED) is 0.145. The number of hydrogen-bond donors (Lipinski definition) is 2. The van der Waals surface area contributed by atoms with Crippen LogP contribution in [0.2, 0.25) is 5.02 Å². The van der Waals surface area contributed by atoms with Gasteiger partial charge in [0.15, 0.2) is 0 Å². The number of halogens is 1. The minimum atomic E-state index is -0.506. The molecular weight excluding hydrogens is 554 g/mol. The number of nitrogens with zero attached hydrogens (tertiary/aromatic N) is 3. The number of fused-ring (bicyclic) bond motifs is 1. The Kier molecular flexibility index (Phi) is 9.00. The van der Waals surface area contributed by atoms with Crippen LogP contribution in [0.4, 0.5) is 11.6 Å². The number of anilines is 2. The number of nitrogens with one attached hydrogen (secondary N) is 2. The molecule has 1 aliphatic heterocycles. The van der Waals surface area contributed by atoms with Crippen LogP contribution in [0.25, 0.3) is 0 Å². The van der Waals surface area contributed by atoms with E-state index in [4.69, 9.17) is 26.4 Å². The highest BCUT2D eigenvalue weighted by atomic mass is 35.5. The van der Waals surface area contributed by atoms with Crippen LogP contribution in [0.1, 0.15) is 55.0 Å². The Bertz CT molecular complexity index is 1600. The lowest BCUT2D eigenvalue weighted by Crippen LogP contribution is -2.31. The van der Waals surface area contributed by atoms with Gasteiger partial charge >= 0.3 is 0 Å². The SMILES string of the molecule is CCCCSc1nc2n(n1)C(c1cccc(OCc3ccccc3Cl)c1)C(C(=O)Nc1cccc(C)c1C)=C(C)N2. The molecule has 4 aromatic rings. The van der Waals surface area contributed by atoms with Crippen LogP contribution >= 0.6 is 23.4 Å². The highest BCUT2D eigenvalue weighted by molar-refractivity contribution is 7.99. The number of thioether (sulfide) groups is 1. The summed E-state index contributed by atoms with van der Waals surface area (Å²) in [6, 6.07) is 20.8. The molecule has 0 radical (unpaired) electrons. The van der Waals surface area contributed by atoms with Gasteiger partial charge in [-0.3, -0.25) is 4.79 Å². The van der Waals surface area contributed by atoms with Crippen molar-refractivity contribution >= 4 is 40.9 Å². The van der Waals surface area contributed by atoms with E-state index < -0.39 is 6.04 Å². The number of carbonyl (C=O) groups excluding carboxylic acids is 1. The first-order valence-corrected chi connectivity index (χ1v) is 15.1. The van der Waals surface area contributed by atoms with Crippen LogP contribution in [0, 0.1) is 13.8 Å². The summed E-state index contributed by atoms with van der Waals surface area (Å²) in [5.74, 6) is 2.02. The Morgan fingerprint density at radius 3 is 2.71 bits per heavy atom. The van der Waals surface area contributed by atoms with Crippen molar-refractivity contribution in [3.8, 4) is 5.75 Å². The highest BCUT2D eigenvalue weighted by Gasteiger charge is 2.35. The van der Waals surface area contributed by atoms with Crippen LogP contribution in [0.3, 0.4) is 0 Å². The van der Waals surface area contributed by atoms with Crippen molar-refractivity contribution in [3.05, 3.63) is 105 Å². The highest BCUT2D eigenvalue weighted by Crippen LogP contribution is 2.38. The smallest absolute Gasteiger partial charge is 0.255 e. The molecule has 1 unspecified atom stereocenters. The van der Waals surface area contributed by atoms with Gasteiger partial charge in [-0.1, -0.05) is 79.2 Å². The summed E-state index contributed by atoms with van der Waals surface area (Å²) >= 11 is 7.97. The number of rotatable bonds is 10. The summed E-state index contributed by atoms with van der Waals surface area (Å²) < 4.78 is 7.96. The molecule has 0 saturated carbocycles. The van der Waals surface area contributed by atoms with Gasteiger partial charge in [-0.2, -0.15) is 4.98 Å². The molecule has 1 atom stereocenters. The van der Waals surface area contributed by atoms with Crippen molar-refractivity contribution in [2.24, 2.45) is 0 Å². The lowest BCUT2D eigenvalue weighted by molar-refractivity contribution is -0.113. The summed E-state index contributed by atoms with van der Waals surface area (Å²) in [4.78, 5) is 18.7. The number of unbranched alkanes of at least 4 members (excludes halogenated alkanes) is 1. The summed E-state index contributed by atoms with van der Waals surface area (Å²) in [6.45, 7) is 8.45. The predicted octanol–water partition coefficient (Wildman–Crippen LogP) is 7.95. The molecule has 0 spiro atoms. The number of benzene rings is 3. The average Bonchev–Trinajstić information content (AvgIpc) is 3.36. The Morgan fingerprint density at radius 1 is 1.10 bits per heavy atom. The third kappa shape index (κ3) is 6.44. The van der Waals surface area contributed by atoms with E-state index in [2.05, 4.69) is 17.6 Å². The van der Waals surface area contributed by atoms with Crippen molar-refractivity contribution in [2.75, 3.05) is 16.4 Å². The molecule has 3 aromatic carbocycles. The van der Waals surface area contributed by atoms with Gasteiger partial charge in [-0.15, -0.1) is 5.10 Å². The second kappa shape index (κ2) is 12.8. The molecule has 2 N–H and O–H groups in total. The van der Waals surface area contributed by atoms with E-state index in [1.54, 1.807) is 11.8 Å². The first-order chi connectivity index (χ1) is 19.9. The van der Waals surface area contributed by atoms with E-state index in [1.807, 2.05) is 92.2 Å². The molecule has 0 aliphatic carbocycles. The van der Waals surface area contributed by atoms with E-state index in [9.17, 15) is 4.79 Å². The van der Waals surface area contributed by atoms with Gasteiger partial charge < -0.3 is 15.4 Å². The zero-order valence-corrected chi connectivity index (χ0v) is 25.3. The van der Waals surface area contributed by atoms with Gasteiger partial charge in [-0.25, -0.2) is 4.68 Å². The Balaban J connectivity index is 1.50. The topological polar surface area (TPSA) is 81.1 Å². The second-order valence-electron chi connectivity index (χ2n) is 10.1. The van der Waals surface area contributed by atoms with Crippen LogP contribution in [0.5, 0.6) is 5.75 Å². The Hall–Kier alpha value is -3.75. The molecule has 212 valence electrons. The van der Waals surface area contributed by atoms with Crippen LogP contribution in [0.15, 0.2) is 83.2 Å². The fourth-order valence-corrected chi connectivity index (χ4v) is 5.83. The molecule has 1 aromatic heterocycles. The summed E-state index contributed by atoms with van der Waals surface area (Å²) in [5, 5.41) is 12.7. The van der Waals surface area contributed by atoms with Crippen molar-refractivity contribution < 1.29 is 9.53 Å². The first-order valence-electron chi connectivity index (χ1n) is 13.8. The van der Waals surface area contributed by atoms with Gasteiger partial charge in [0.05, 0.1) is 5.57 Å². The normalized spacial score (nSPS) is 14.4. The van der Waals surface area contributed by atoms with Gasteiger partial charge in [0.25, 0.3) is 5.91 Å². The molecule has 0 saturated heterocycles. The number of amides is 1. The maximum Gasteiger partial charge on any atom is 0.255 e. The van der Waals surface area contributed by atoms with Crippen molar-refractivity contribution in [3.63, 3.8) is 0 Å². The molecule has 5 rings (SSSR count). The maximum absolute atomic E-state index is 14.0. The van der Waals surface area contributed by atoms with Crippen LogP contribution in [-0.2, 0) is 11.4 Å². The van der Waals surface area contributed by atoms with Crippen molar-refractivity contribution in [1.82, 2.24) is 14.8 Å². The third-order valence-corrected chi connectivity index (χ3v) is 8.48. The van der Waals surface area contributed by atoms with E-state index in [1.165, 1.54) is 0 Å². The lowest BCUT2D eigenvalue weighted by Gasteiger charge is -2.29. The summed E-state index contributed by atoms with van der Waals surface area (Å²) in [7, 11) is 0. The van der Waals surface area contributed by atoms with Gasteiger partial charge in [0, 0.05) is 27.7 Å². The molecule has 7 nitrogen and oxygen atoms in total. The maximum atomic E-state index is 14.0. The average molecular weight is 588 g/mol. The zero-order chi connectivity index (χ0) is 28.9. The van der Waals surface area contributed by atoms with Crippen molar-refractivity contribution in [1.29, 1.82) is 0 Å². The molecule has 2 heterocycles. The molecule has 0 fully saturated rings. The zero-order valence-electron chi connectivity index (χ0n) is 23.7. The molecule has 0 bridgehead atoms. The number of aromatic nitrogens is 3. The van der Waals surface area contributed by atoms with Gasteiger partial charge in [0.1, 0.15) is 18.4 Å². The monoisotopic (exact) mass is 587 g/mol. The van der Waals surface area contributed by atoms with E-state index >= 15 is 0 Å². The molecular formula is C32H34ClN5O2S.